The van der Waals surface area contributed by atoms with Gasteiger partial charge in [0.2, 0.25) is 5.88 Å². The zero-order chi connectivity index (χ0) is 14.6. The topological polar surface area (TPSA) is 74.2 Å². The van der Waals surface area contributed by atoms with Gasteiger partial charge in [0.25, 0.3) is 5.91 Å². The smallest absolute Gasteiger partial charge is 0.263 e. The first kappa shape index (κ1) is 12.4. The number of nitrogens with one attached hydrogen (secondary N) is 2. The Morgan fingerprint density at radius 2 is 2.19 bits per heavy atom. The van der Waals surface area contributed by atoms with E-state index in [0.29, 0.717) is 11.4 Å². The fraction of sp³-hybridized carbons (Fsp3) is 0.200. The zero-order valence-corrected chi connectivity index (χ0v) is 12.1. The molecular formula is C15H13N3O2S. The Hall–Kier alpha value is -2.34. The highest BCUT2D eigenvalue weighted by atomic mass is 32.1. The van der Waals surface area contributed by atoms with E-state index < -0.39 is 0 Å². The first-order valence-electron chi connectivity index (χ1n) is 6.73. The monoisotopic (exact) mass is 299 g/mol. The summed E-state index contributed by atoms with van der Waals surface area (Å²) >= 11 is 1.48. The van der Waals surface area contributed by atoms with Gasteiger partial charge in [-0.1, -0.05) is 0 Å². The van der Waals surface area contributed by atoms with Gasteiger partial charge < -0.3 is 15.7 Å². The molecule has 1 amide bonds. The van der Waals surface area contributed by atoms with E-state index in [2.05, 4.69) is 15.6 Å². The molecule has 4 rings (SSSR count). The summed E-state index contributed by atoms with van der Waals surface area (Å²) in [6.45, 7) is 2.66. The molecule has 0 saturated heterocycles. The van der Waals surface area contributed by atoms with E-state index in [1.54, 1.807) is 6.07 Å². The molecule has 1 aliphatic rings. The molecule has 0 aliphatic carbocycles. The number of hydrogen-bond acceptors (Lipinski definition) is 5. The maximum Gasteiger partial charge on any atom is 0.263 e. The number of benzene rings is 1. The van der Waals surface area contributed by atoms with Gasteiger partial charge in [-0.15, -0.1) is 11.3 Å². The normalized spacial score (nSPS) is 18.1. The summed E-state index contributed by atoms with van der Waals surface area (Å²) < 4.78 is 1.04. The van der Waals surface area contributed by atoms with Gasteiger partial charge in [0.1, 0.15) is 4.88 Å². The molecule has 1 aromatic carbocycles. The van der Waals surface area contributed by atoms with Crippen LogP contribution in [0.5, 0.6) is 5.88 Å². The van der Waals surface area contributed by atoms with Gasteiger partial charge in [-0.25, -0.2) is 4.98 Å². The molecule has 3 aromatic rings. The van der Waals surface area contributed by atoms with Gasteiger partial charge >= 0.3 is 0 Å². The van der Waals surface area contributed by atoms with Crippen LogP contribution in [0.4, 0.5) is 5.69 Å². The number of nitrogens with zero attached hydrogens (tertiary/aromatic N) is 1. The molecule has 0 radical (unpaired) electrons. The number of carbonyl (C=O) groups excluding carboxylic acids is 1. The average molecular weight is 299 g/mol. The third-order valence-corrected chi connectivity index (χ3v) is 4.83. The van der Waals surface area contributed by atoms with Crippen molar-refractivity contribution in [3.05, 3.63) is 29.1 Å². The Kier molecular flexibility index (Phi) is 2.56. The largest absolute Gasteiger partial charge is 0.493 e. The van der Waals surface area contributed by atoms with E-state index in [4.69, 9.17) is 0 Å². The van der Waals surface area contributed by atoms with Crippen molar-refractivity contribution >= 4 is 43.9 Å². The first-order chi connectivity index (χ1) is 10.1. The van der Waals surface area contributed by atoms with Crippen molar-refractivity contribution in [2.45, 2.75) is 13.0 Å². The van der Waals surface area contributed by atoms with Crippen LogP contribution in [-0.4, -0.2) is 28.6 Å². The number of carbonyl (C=O) groups is 1. The number of rotatable bonds is 0. The van der Waals surface area contributed by atoms with E-state index in [1.807, 2.05) is 25.1 Å². The third kappa shape index (κ3) is 1.83. The van der Waals surface area contributed by atoms with Crippen LogP contribution in [0.15, 0.2) is 24.3 Å². The summed E-state index contributed by atoms with van der Waals surface area (Å²) in [5, 5.41) is 17.8. The summed E-state index contributed by atoms with van der Waals surface area (Å²) in [5.41, 5.74) is 1.59. The summed E-state index contributed by atoms with van der Waals surface area (Å²) in [6, 6.07) is 7.33. The van der Waals surface area contributed by atoms with E-state index >= 15 is 0 Å². The first-order valence-corrected chi connectivity index (χ1v) is 7.55. The fourth-order valence-electron chi connectivity index (χ4n) is 2.71. The summed E-state index contributed by atoms with van der Waals surface area (Å²) in [4.78, 5) is 17.1. The lowest BCUT2D eigenvalue weighted by Gasteiger charge is -2.09. The minimum absolute atomic E-state index is 0.00231. The fourth-order valence-corrected chi connectivity index (χ4v) is 3.81. The number of thiophene rings is 1. The highest BCUT2D eigenvalue weighted by molar-refractivity contribution is 7.21. The lowest BCUT2D eigenvalue weighted by Crippen LogP contribution is -2.34. The summed E-state index contributed by atoms with van der Waals surface area (Å²) in [7, 11) is 0. The molecule has 0 saturated carbocycles. The molecule has 5 nitrogen and oxygen atoms in total. The Morgan fingerprint density at radius 1 is 1.33 bits per heavy atom. The molecule has 3 heterocycles. The number of hydrogen-bond donors (Lipinski definition) is 3. The maximum absolute atomic E-state index is 12.3. The van der Waals surface area contributed by atoms with Gasteiger partial charge in [0.05, 0.1) is 11.2 Å². The van der Waals surface area contributed by atoms with Crippen LogP contribution in [0.1, 0.15) is 16.6 Å². The number of pyridine rings is 1. The van der Waals surface area contributed by atoms with Gasteiger partial charge in [-0.2, -0.15) is 0 Å². The third-order valence-electron chi connectivity index (χ3n) is 3.68. The number of amides is 1. The lowest BCUT2D eigenvalue weighted by molar-refractivity contribution is 0.0949. The van der Waals surface area contributed by atoms with Crippen molar-refractivity contribution in [2.75, 3.05) is 11.9 Å². The Labute approximate surface area is 124 Å². The van der Waals surface area contributed by atoms with Gasteiger partial charge in [0, 0.05) is 34.1 Å². The van der Waals surface area contributed by atoms with Crippen molar-refractivity contribution in [3.8, 4) is 5.88 Å². The molecule has 106 valence electrons. The highest BCUT2D eigenvalue weighted by Crippen LogP contribution is 2.40. The van der Waals surface area contributed by atoms with Crippen molar-refractivity contribution in [1.82, 2.24) is 10.3 Å². The van der Waals surface area contributed by atoms with E-state index in [0.717, 1.165) is 26.7 Å². The second kappa shape index (κ2) is 4.33. The van der Waals surface area contributed by atoms with Crippen LogP contribution in [0.25, 0.3) is 21.0 Å². The molecule has 0 bridgehead atoms. The molecule has 1 aliphatic heterocycles. The van der Waals surface area contributed by atoms with Gasteiger partial charge in [-0.05, 0) is 25.1 Å². The molecule has 0 fully saturated rings. The minimum atomic E-state index is -0.0383. The lowest BCUT2D eigenvalue weighted by atomic mass is 10.1. The number of aromatic nitrogens is 1. The Balaban J connectivity index is 2.08. The van der Waals surface area contributed by atoms with E-state index in [1.165, 1.54) is 11.3 Å². The zero-order valence-electron chi connectivity index (χ0n) is 11.3. The minimum Gasteiger partial charge on any atom is -0.493 e. The van der Waals surface area contributed by atoms with Crippen LogP contribution in [0.2, 0.25) is 0 Å². The maximum atomic E-state index is 12.3. The van der Waals surface area contributed by atoms with Crippen LogP contribution in [0, 0.1) is 0 Å². The van der Waals surface area contributed by atoms with Crippen LogP contribution in [-0.2, 0) is 0 Å². The molecule has 21 heavy (non-hydrogen) atoms. The molecule has 2 aromatic heterocycles. The molecular weight excluding hydrogens is 286 g/mol. The van der Waals surface area contributed by atoms with Crippen LogP contribution >= 0.6 is 11.3 Å². The second-order valence-corrected chi connectivity index (χ2v) is 6.29. The SMILES string of the molecule is C[C@H]1CNc2c(sc3ccc4nc(O)ccc4c23)C(=O)N1. The van der Waals surface area contributed by atoms with E-state index in [9.17, 15) is 9.90 Å². The Bertz CT molecular complexity index is 887. The molecule has 3 N–H and O–H groups in total. The van der Waals surface area contributed by atoms with Crippen LogP contribution in [0.3, 0.4) is 0 Å². The predicted molar refractivity (Wildman–Crippen MR) is 84.2 cm³/mol. The quantitative estimate of drug-likeness (QED) is 0.596. The van der Waals surface area contributed by atoms with Gasteiger partial charge in [0.15, 0.2) is 0 Å². The molecule has 0 unspecified atom stereocenters. The summed E-state index contributed by atoms with van der Waals surface area (Å²) in [5.74, 6) is -0.0360. The second-order valence-electron chi connectivity index (χ2n) is 5.24. The molecule has 1 atom stereocenters. The van der Waals surface area contributed by atoms with Gasteiger partial charge in [-0.3, -0.25) is 4.79 Å². The summed E-state index contributed by atoms with van der Waals surface area (Å²) in [6.07, 6.45) is 0. The predicted octanol–water partition coefficient (Wildman–Crippen LogP) is 2.70. The van der Waals surface area contributed by atoms with Crippen molar-refractivity contribution in [3.63, 3.8) is 0 Å². The highest BCUT2D eigenvalue weighted by Gasteiger charge is 2.24. The van der Waals surface area contributed by atoms with Crippen molar-refractivity contribution in [1.29, 1.82) is 0 Å². The number of aromatic hydroxyl groups is 1. The van der Waals surface area contributed by atoms with Crippen molar-refractivity contribution < 1.29 is 9.90 Å². The average Bonchev–Trinajstić information content (AvgIpc) is 2.77. The molecule has 6 heteroatoms. The standard InChI is InChI=1S/C15H13N3O2S/c1-7-6-16-13-12-8-2-5-11(19)18-9(8)3-4-10(12)21-14(13)15(20)17-7/h2-5,7,16H,6H2,1H3,(H,17,20)(H,18,19)/t7-/m0/s1. The van der Waals surface area contributed by atoms with Crippen LogP contribution < -0.4 is 10.6 Å². The van der Waals surface area contributed by atoms with E-state index in [-0.39, 0.29) is 17.8 Å². The Morgan fingerprint density at radius 3 is 3.05 bits per heavy atom. The number of anilines is 1. The number of fused-ring (bicyclic) bond motifs is 5. The molecule has 0 spiro atoms. The van der Waals surface area contributed by atoms with Crippen molar-refractivity contribution in [2.24, 2.45) is 0 Å².